The van der Waals surface area contributed by atoms with Gasteiger partial charge in [0.25, 0.3) is 5.91 Å². The summed E-state index contributed by atoms with van der Waals surface area (Å²) in [5, 5.41) is 2.59. The van der Waals surface area contributed by atoms with Gasteiger partial charge in [-0.2, -0.15) is 0 Å². The van der Waals surface area contributed by atoms with Crippen molar-refractivity contribution >= 4 is 34.9 Å². The highest BCUT2D eigenvalue weighted by Gasteiger charge is 2.36. The topological polar surface area (TPSA) is 102 Å². The maximum absolute atomic E-state index is 12.3. The Kier molecular flexibility index (Phi) is 6.46. The number of carbonyl (C=O) groups is 4. The molecule has 0 bridgehead atoms. The molecule has 0 aliphatic carbocycles. The van der Waals surface area contributed by atoms with Crippen LogP contribution in [0.15, 0.2) is 48.5 Å². The number of ketones is 1. The van der Waals surface area contributed by atoms with Gasteiger partial charge < -0.3 is 19.7 Å². The van der Waals surface area contributed by atoms with Gasteiger partial charge in [0.15, 0.2) is 12.4 Å². The molecule has 8 nitrogen and oxygen atoms in total. The van der Waals surface area contributed by atoms with Crippen LogP contribution in [0.5, 0.6) is 5.75 Å². The highest BCUT2D eigenvalue weighted by molar-refractivity contribution is 6.00. The van der Waals surface area contributed by atoms with Crippen LogP contribution in [-0.4, -0.2) is 43.8 Å². The monoisotopic (exact) mass is 410 g/mol. The molecule has 2 amide bonds. The first-order valence-corrected chi connectivity index (χ1v) is 9.39. The Labute approximate surface area is 173 Å². The van der Waals surface area contributed by atoms with E-state index in [0.29, 0.717) is 22.7 Å². The fourth-order valence-electron chi connectivity index (χ4n) is 3.13. The van der Waals surface area contributed by atoms with E-state index in [9.17, 15) is 19.2 Å². The van der Waals surface area contributed by atoms with Crippen LogP contribution in [-0.2, 0) is 19.1 Å². The summed E-state index contributed by atoms with van der Waals surface area (Å²) in [6.45, 7) is 1.17. The van der Waals surface area contributed by atoms with Crippen molar-refractivity contribution in [2.24, 2.45) is 5.92 Å². The number of anilines is 2. The first-order valence-electron chi connectivity index (χ1n) is 9.39. The van der Waals surface area contributed by atoms with Gasteiger partial charge in [-0.15, -0.1) is 0 Å². The van der Waals surface area contributed by atoms with Crippen LogP contribution >= 0.6 is 0 Å². The zero-order valence-electron chi connectivity index (χ0n) is 16.7. The molecule has 8 heteroatoms. The second-order valence-corrected chi connectivity index (χ2v) is 6.90. The van der Waals surface area contributed by atoms with E-state index in [2.05, 4.69) is 5.32 Å². The number of esters is 1. The molecule has 2 aromatic rings. The minimum absolute atomic E-state index is 0.0180. The van der Waals surface area contributed by atoms with Crippen molar-refractivity contribution in [2.45, 2.75) is 13.3 Å². The molecule has 1 heterocycles. The average molecular weight is 410 g/mol. The Morgan fingerprint density at radius 3 is 2.53 bits per heavy atom. The summed E-state index contributed by atoms with van der Waals surface area (Å²) < 4.78 is 10.3. The molecule has 1 fully saturated rings. The van der Waals surface area contributed by atoms with Crippen LogP contribution in [0.25, 0.3) is 0 Å². The van der Waals surface area contributed by atoms with Gasteiger partial charge in [-0.25, -0.2) is 0 Å². The van der Waals surface area contributed by atoms with E-state index < -0.39 is 24.4 Å². The summed E-state index contributed by atoms with van der Waals surface area (Å²) in [5.74, 6) is -1.41. The van der Waals surface area contributed by atoms with Crippen molar-refractivity contribution in [1.29, 1.82) is 0 Å². The first kappa shape index (κ1) is 21.0. The van der Waals surface area contributed by atoms with Crippen molar-refractivity contribution in [3.05, 3.63) is 54.1 Å². The number of ether oxygens (including phenoxy) is 2. The van der Waals surface area contributed by atoms with Crippen LogP contribution in [0.4, 0.5) is 11.4 Å². The molecular weight excluding hydrogens is 388 g/mol. The van der Waals surface area contributed by atoms with Crippen LogP contribution in [0.3, 0.4) is 0 Å². The largest absolute Gasteiger partial charge is 0.497 e. The Morgan fingerprint density at radius 1 is 1.13 bits per heavy atom. The highest BCUT2D eigenvalue weighted by atomic mass is 16.5. The Hall–Kier alpha value is -3.68. The average Bonchev–Trinajstić information content (AvgIpc) is 3.14. The van der Waals surface area contributed by atoms with E-state index in [-0.39, 0.29) is 24.7 Å². The molecule has 30 heavy (non-hydrogen) atoms. The molecular formula is C22H22N2O6. The summed E-state index contributed by atoms with van der Waals surface area (Å²) in [6.07, 6.45) is 0.0180. The van der Waals surface area contributed by atoms with Crippen molar-refractivity contribution in [3.63, 3.8) is 0 Å². The zero-order chi connectivity index (χ0) is 21.7. The molecule has 1 aliphatic heterocycles. The smallest absolute Gasteiger partial charge is 0.311 e. The van der Waals surface area contributed by atoms with Crippen LogP contribution in [0.2, 0.25) is 0 Å². The van der Waals surface area contributed by atoms with Crippen LogP contribution < -0.4 is 15.0 Å². The number of carbonyl (C=O) groups excluding carboxylic acids is 4. The zero-order valence-corrected chi connectivity index (χ0v) is 16.7. The number of nitrogens with one attached hydrogen (secondary N) is 1. The van der Waals surface area contributed by atoms with Gasteiger partial charge in [-0.05, 0) is 43.3 Å². The number of Topliss-reactive ketones (excluding diaryl/α,β-unsaturated/α-hetero) is 1. The molecule has 0 unspecified atom stereocenters. The molecule has 1 atom stereocenters. The number of hydrogen-bond acceptors (Lipinski definition) is 6. The molecule has 0 spiro atoms. The minimum atomic E-state index is -0.647. The number of hydrogen-bond donors (Lipinski definition) is 1. The van der Waals surface area contributed by atoms with E-state index in [0.717, 1.165) is 0 Å². The Balaban J connectivity index is 1.51. The predicted octanol–water partition coefficient (Wildman–Crippen LogP) is 2.43. The molecule has 3 rings (SSSR count). The number of amides is 2. The Morgan fingerprint density at radius 2 is 1.87 bits per heavy atom. The molecule has 0 aromatic heterocycles. The summed E-state index contributed by atoms with van der Waals surface area (Å²) in [5.41, 5.74) is 1.66. The first-order chi connectivity index (χ1) is 14.4. The molecule has 1 aliphatic rings. The summed E-state index contributed by atoms with van der Waals surface area (Å²) in [7, 11) is 1.54. The molecule has 0 radical (unpaired) electrons. The molecule has 1 saturated heterocycles. The van der Waals surface area contributed by atoms with Gasteiger partial charge in [0, 0.05) is 36.0 Å². The second-order valence-electron chi connectivity index (χ2n) is 6.90. The molecule has 0 saturated carbocycles. The van der Waals surface area contributed by atoms with E-state index in [1.807, 2.05) is 0 Å². The van der Waals surface area contributed by atoms with E-state index in [4.69, 9.17) is 9.47 Å². The molecule has 2 aromatic carbocycles. The summed E-state index contributed by atoms with van der Waals surface area (Å²) in [6, 6.07) is 13.4. The number of rotatable bonds is 7. The predicted molar refractivity (Wildman–Crippen MR) is 109 cm³/mol. The van der Waals surface area contributed by atoms with Gasteiger partial charge >= 0.3 is 5.97 Å². The SMILES string of the molecule is COc1cccc(N2C[C@H](C(=O)OCC(=O)Nc3ccc(C(C)=O)cc3)CC2=O)c1. The third kappa shape index (κ3) is 5.02. The third-order valence-corrected chi connectivity index (χ3v) is 4.74. The van der Waals surface area contributed by atoms with Gasteiger partial charge in [-0.1, -0.05) is 6.07 Å². The van der Waals surface area contributed by atoms with E-state index >= 15 is 0 Å². The van der Waals surface area contributed by atoms with Gasteiger partial charge in [0.1, 0.15) is 5.75 Å². The normalized spacial score (nSPS) is 15.6. The second kappa shape index (κ2) is 9.21. The van der Waals surface area contributed by atoms with Crippen LogP contribution in [0.1, 0.15) is 23.7 Å². The van der Waals surface area contributed by atoms with Gasteiger partial charge in [-0.3, -0.25) is 19.2 Å². The standard InChI is InChI=1S/C22H22N2O6/c1-14(25)15-6-8-17(9-7-15)23-20(26)13-30-22(28)16-10-21(27)24(12-16)18-4-3-5-19(11-18)29-2/h3-9,11,16H,10,12-13H2,1-2H3,(H,23,26)/t16-/m1/s1. The lowest BCUT2D eigenvalue weighted by Crippen LogP contribution is -2.28. The summed E-state index contributed by atoms with van der Waals surface area (Å²) >= 11 is 0. The lowest BCUT2D eigenvalue weighted by Gasteiger charge is -2.17. The fourth-order valence-corrected chi connectivity index (χ4v) is 3.13. The number of methoxy groups -OCH3 is 1. The lowest BCUT2D eigenvalue weighted by atomic mass is 10.1. The van der Waals surface area contributed by atoms with Gasteiger partial charge in [0.2, 0.25) is 5.91 Å². The fraction of sp³-hybridized carbons (Fsp3) is 0.273. The van der Waals surface area contributed by atoms with Crippen LogP contribution in [0, 0.1) is 5.92 Å². The maximum atomic E-state index is 12.3. The summed E-state index contributed by atoms with van der Waals surface area (Å²) in [4.78, 5) is 49.4. The maximum Gasteiger partial charge on any atom is 0.311 e. The van der Waals surface area contributed by atoms with Crippen molar-refractivity contribution < 1.29 is 28.7 Å². The Bertz CT molecular complexity index is 970. The van der Waals surface area contributed by atoms with Crippen molar-refractivity contribution in [2.75, 3.05) is 30.5 Å². The van der Waals surface area contributed by atoms with E-state index in [1.165, 1.54) is 18.9 Å². The van der Waals surface area contributed by atoms with Crippen molar-refractivity contribution in [1.82, 2.24) is 0 Å². The van der Waals surface area contributed by atoms with E-state index in [1.54, 1.807) is 48.5 Å². The number of nitrogens with zero attached hydrogens (tertiary/aromatic N) is 1. The lowest BCUT2D eigenvalue weighted by molar-refractivity contribution is -0.151. The highest BCUT2D eigenvalue weighted by Crippen LogP contribution is 2.28. The molecule has 1 N–H and O–H groups in total. The van der Waals surface area contributed by atoms with Gasteiger partial charge in [0.05, 0.1) is 13.0 Å². The number of benzene rings is 2. The van der Waals surface area contributed by atoms with Crippen molar-refractivity contribution in [3.8, 4) is 5.75 Å². The molecule has 156 valence electrons. The quantitative estimate of drug-likeness (QED) is 0.556. The minimum Gasteiger partial charge on any atom is -0.497 e. The third-order valence-electron chi connectivity index (χ3n) is 4.74.